The molecular weight excluding hydrogens is 198 g/mol. The van der Waals surface area contributed by atoms with Crippen molar-refractivity contribution in [1.82, 2.24) is 4.90 Å². The summed E-state index contributed by atoms with van der Waals surface area (Å²) in [7, 11) is 0. The average molecular weight is 215 g/mol. The zero-order chi connectivity index (χ0) is 11.3. The summed E-state index contributed by atoms with van der Waals surface area (Å²) in [6.45, 7) is 2.76. The van der Waals surface area contributed by atoms with Crippen LogP contribution in [-0.2, 0) is 14.3 Å². The number of carboxylic acid groups (broad SMARTS) is 1. The number of rotatable bonds is 5. The molecule has 0 spiro atoms. The van der Waals surface area contributed by atoms with Gasteiger partial charge in [0.15, 0.2) is 0 Å². The number of hydrogen-bond donors (Lipinski definition) is 1. The van der Waals surface area contributed by atoms with Crippen LogP contribution in [0.1, 0.15) is 26.2 Å². The van der Waals surface area contributed by atoms with E-state index >= 15 is 0 Å². The van der Waals surface area contributed by atoms with Crippen molar-refractivity contribution in [3.8, 4) is 0 Å². The molecule has 0 aliphatic carbocycles. The van der Waals surface area contributed by atoms with Crippen LogP contribution in [0.15, 0.2) is 0 Å². The zero-order valence-electron chi connectivity index (χ0n) is 8.94. The number of carbonyl (C=O) groups excluding carboxylic acids is 1. The zero-order valence-corrected chi connectivity index (χ0v) is 8.94. The summed E-state index contributed by atoms with van der Waals surface area (Å²) in [6, 6.07) is 0. The minimum atomic E-state index is -0.977. The maximum atomic E-state index is 11.8. The molecule has 0 bridgehead atoms. The van der Waals surface area contributed by atoms with Crippen LogP contribution in [0.3, 0.4) is 0 Å². The molecule has 1 N–H and O–H groups in total. The molecule has 1 aliphatic rings. The lowest BCUT2D eigenvalue weighted by atomic mass is 10.2. The van der Waals surface area contributed by atoms with Gasteiger partial charge in [-0.15, -0.1) is 0 Å². The van der Waals surface area contributed by atoms with Crippen molar-refractivity contribution in [2.24, 2.45) is 0 Å². The quantitative estimate of drug-likeness (QED) is 0.724. The van der Waals surface area contributed by atoms with Crippen LogP contribution in [0.4, 0.5) is 0 Å². The molecule has 1 amide bonds. The third kappa shape index (κ3) is 3.51. The van der Waals surface area contributed by atoms with Gasteiger partial charge in [0.05, 0.1) is 0 Å². The molecule has 1 saturated heterocycles. The van der Waals surface area contributed by atoms with Crippen LogP contribution in [0.25, 0.3) is 0 Å². The number of nitrogens with zero attached hydrogens (tertiary/aromatic N) is 1. The molecule has 5 heteroatoms. The number of amides is 1. The molecule has 0 aromatic rings. The largest absolute Gasteiger partial charge is 0.480 e. The van der Waals surface area contributed by atoms with E-state index in [1.807, 2.05) is 6.92 Å². The number of hydrogen-bond acceptors (Lipinski definition) is 3. The van der Waals surface area contributed by atoms with Gasteiger partial charge in [-0.2, -0.15) is 0 Å². The van der Waals surface area contributed by atoms with E-state index in [1.54, 1.807) is 0 Å². The van der Waals surface area contributed by atoms with Crippen molar-refractivity contribution in [2.75, 3.05) is 19.7 Å². The standard InChI is InChI=1S/C10H17NO4/c1-2-5-11(7-9(12)13)10(14)8-4-3-6-15-8/h8H,2-7H2,1H3,(H,12,13). The van der Waals surface area contributed by atoms with Crippen LogP contribution in [0, 0.1) is 0 Å². The van der Waals surface area contributed by atoms with E-state index in [4.69, 9.17) is 9.84 Å². The Bertz CT molecular complexity index is 236. The Hall–Kier alpha value is -1.10. The second kappa shape index (κ2) is 5.70. The molecule has 1 fully saturated rings. The van der Waals surface area contributed by atoms with Gasteiger partial charge in [0.1, 0.15) is 12.6 Å². The van der Waals surface area contributed by atoms with E-state index < -0.39 is 12.1 Å². The fourth-order valence-corrected chi connectivity index (χ4v) is 1.68. The monoisotopic (exact) mass is 215 g/mol. The molecule has 1 rings (SSSR count). The average Bonchev–Trinajstić information content (AvgIpc) is 2.68. The minimum absolute atomic E-state index is 0.184. The summed E-state index contributed by atoms with van der Waals surface area (Å²) in [4.78, 5) is 23.7. The SMILES string of the molecule is CCCN(CC(=O)O)C(=O)C1CCCO1. The minimum Gasteiger partial charge on any atom is -0.480 e. The molecule has 0 radical (unpaired) electrons. The lowest BCUT2D eigenvalue weighted by Gasteiger charge is -2.22. The molecule has 86 valence electrons. The fourth-order valence-electron chi connectivity index (χ4n) is 1.68. The van der Waals surface area contributed by atoms with E-state index in [1.165, 1.54) is 4.90 Å². The highest BCUT2D eigenvalue weighted by Crippen LogP contribution is 2.14. The summed E-state index contributed by atoms with van der Waals surface area (Å²) < 4.78 is 5.24. The van der Waals surface area contributed by atoms with Gasteiger partial charge >= 0.3 is 5.97 Å². The normalized spacial score (nSPS) is 20.2. The maximum absolute atomic E-state index is 11.8. The smallest absolute Gasteiger partial charge is 0.323 e. The van der Waals surface area contributed by atoms with E-state index in [0.717, 1.165) is 12.8 Å². The third-order valence-electron chi connectivity index (χ3n) is 2.34. The molecule has 1 heterocycles. The van der Waals surface area contributed by atoms with Crippen molar-refractivity contribution >= 4 is 11.9 Å². The van der Waals surface area contributed by atoms with Crippen LogP contribution in [-0.4, -0.2) is 47.7 Å². The van der Waals surface area contributed by atoms with Crippen molar-refractivity contribution in [1.29, 1.82) is 0 Å². The number of ether oxygens (including phenoxy) is 1. The first-order valence-electron chi connectivity index (χ1n) is 5.27. The van der Waals surface area contributed by atoms with Gasteiger partial charge in [-0.1, -0.05) is 6.92 Å². The number of carboxylic acids is 1. The summed E-state index contributed by atoms with van der Waals surface area (Å²) in [5.74, 6) is -1.16. The molecular formula is C10H17NO4. The van der Waals surface area contributed by atoms with Gasteiger partial charge in [0.2, 0.25) is 0 Å². The second-order valence-electron chi connectivity index (χ2n) is 3.66. The first-order chi connectivity index (χ1) is 7.15. The first-order valence-corrected chi connectivity index (χ1v) is 5.27. The van der Waals surface area contributed by atoms with E-state index in [2.05, 4.69) is 0 Å². The second-order valence-corrected chi connectivity index (χ2v) is 3.66. The van der Waals surface area contributed by atoms with Crippen LogP contribution < -0.4 is 0 Å². The van der Waals surface area contributed by atoms with Gasteiger partial charge in [-0.3, -0.25) is 9.59 Å². The predicted octanol–water partition coefficient (Wildman–Crippen LogP) is 0.489. The summed E-state index contributed by atoms with van der Waals surface area (Å²) >= 11 is 0. The van der Waals surface area contributed by atoms with Crippen LogP contribution in [0.5, 0.6) is 0 Å². The van der Waals surface area contributed by atoms with Gasteiger partial charge in [-0.25, -0.2) is 0 Å². The highest BCUT2D eigenvalue weighted by atomic mass is 16.5. The Kier molecular flexibility index (Phi) is 4.55. The Morgan fingerprint density at radius 1 is 1.53 bits per heavy atom. The summed E-state index contributed by atoms with van der Waals surface area (Å²) in [5.41, 5.74) is 0. The lowest BCUT2D eigenvalue weighted by Crippen LogP contribution is -2.42. The van der Waals surface area contributed by atoms with E-state index in [9.17, 15) is 9.59 Å². The Balaban J connectivity index is 2.52. The molecule has 1 unspecified atom stereocenters. The highest BCUT2D eigenvalue weighted by molar-refractivity contribution is 5.84. The molecule has 0 saturated carbocycles. The topological polar surface area (TPSA) is 66.8 Å². The number of aliphatic carboxylic acids is 1. The van der Waals surface area contributed by atoms with Crippen molar-refractivity contribution in [2.45, 2.75) is 32.3 Å². The molecule has 1 aliphatic heterocycles. The van der Waals surface area contributed by atoms with Crippen molar-refractivity contribution in [3.05, 3.63) is 0 Å². The number of carbonyl (C=O) groups is 2. The molecule has 0 aromatic heterocycles. The summed E-state index contributed by atoms with van der Waals surface area (Å²) in [5, 5.41) is 8.67. The highest BCUT2D eigenvalue weighted by Gasteiger charge is 2.28. The van der Waals surface area contributed by atoms with Crippen molar-refractivity contribution < 1.29 is 19.4 Å². The van der Waals surface area contributed by atoms with Gasteiger partial charge in [0, 0.05) is 13.2 Å². The van der Waals surface area contributed by atoms with Crippen molar-refractivity contribution in [3.63, 3.8) is 0 Å². The van der Waals surface area contributed by atoms with E-state index in [0.29, 0.717) is 19.6 Å². The third-order valence-corrected chi connectivity index (χ3v) is 2.34. The van der Waals surface area contributed by atoms with E-state index in [-0.39, 0.29) is 12.5 Å². The molecule has 5 nitrogen and oxygen atoms in total. The Labute approximate surface area is 89.0 Å². The summed E-state index contributed by atoms with van der Waals surface area (Å²) in [6.07, 6.45) is 1.92. The Morgan fingerprint density at radius 2 is 2.27 bits per heavy atom. The predicted molar refractivity (Wildman–Crippen MR) is 53.5 cm³/mol. The van der Waals surface area contributed by atoms with Crippen LogP contribution in [0.2, 0.25) is 0 Å². The molecule has 0 aromatic carbocycles. The first kappa shape index (κ1) is 12.0. The van der Waals surface area contributed by atoms with Crippen LogP contribution >= 0.6 is 0 Å². The van der Waals surface area contributed by atoms with Gasteiger partial charge < -0.3 is 14.7 Å². The van der Waals surface area contributed by atoms with Gasteiger partial charge in [0.25, 0.3) is 5.91 Å². The fraction of sp³-hybridized carbons (Fsp3) is 0.800. The maximum Gasteiger partial charge on any atom is 0.323 e. The molecule has 15 heavy (non-hydrogen) atoms. The van der Waals surface area contributed by atoms with Gasteiger partial charge in [-0.05, 0) is 19.3 Å². The lowest BCUT2D eigenvalue weighted by molar-refractivity contribution is -0.149. The molecule has 1 atom stereocenters. The Morgan fingerprint density at radius 3 is 2.73 bits per heavy atom.